The second-order valence-corrected chi connectivity index (χ2v) is 8.51. The Balaban J connectivity index is 0.00000341. The summed E-state index contributed by atoms with van der Waals surface area (Å²) in [5.41, 5.74) is 6.79. The van der Waals surface area contributed by atoms with Crippen molar-refractivity contribution in [1.29, 1.82) is 0 Å². The van der Waals surface area contributed by atoms with Gasteiger partial charge < -0.3 is 26.9 Å². The molecule has 31 heavy (non-hydrogen) atoms. The molecule has 0 saturated carbocycles. The Morgan fingerprint density at radius 3 is 2.74 bits per heavy atom. The third kappa shape index (κ3) is 6.68. The van der Waals surface area contributed by atoms with Crippen molar-refractivity contribution in [3.05, 3.63) is 57.8 Å². The summed E-state index contributed by atoms with van der Waals surface area (Å²) in [7, 11) is 0. The van der Waals surface area contributed by atoms with Gasteiger partial charge in [-0.05, 0) is 49.9 Å². The van der Waals surface area contributed by atoms with E-state index in [9.17, 15) is 9.59 Å². The lowest BCUT2D eigenvalue weighted by Crippen LogP contribution is -2.53. The van der Waals surface area contributed by atoms with Crippen LogP contribution in [0.25, 0.3) is 0 Å². The maximum absolute atomic E-state index is 12.7. The van der Waals surface area contributed by atoms with Crippen LogP contribution in [0.4, 0.5) is 0 Å². The van der Waals surface area contributed by atoms with Crippen LogP contribution < -0.4 is 21.7 Å². The Morgan fingerprint density at radius 2 is 2.03 bits per heavy atom. The van der Waals surface area contributed by atoms with Gasteiger partial charge in [-0.25, -0.2) is 0 Å². The van der Waals surface area contributed by atoms with Crippen molar-refractivity contribution >= 4 is 41.4 Å². The molecule has 1 fully saturated rings. The average molecular weight is 466 g/mol. The van der Waals surface area contributed by atoms with Crippen molar-refractivity contribution in [3.8, 4) is 0 Å². The fourth-order valence-electron chi connectivity index (χ4n) is 3.51. The van der Waals surface area contributed by atoms with Crippen LogP contribution in [-0.2, 0) is 16.1 Å². The van der Waals surface area contributed by atoms with E-state index >= 15 is 0 Å². The summed E-state index contributed by atoms with van der Waals surface area (Å²) in [6, 6.07) is 12.8. The predicted molar refractivity (Wildman–Crippen MR) is 124 cm³/mol. The number of amides is 2. The molecule has 2 heterocycles. The highest BCUT2D eigenvalue weighted by molar-refractivity contribution is 7.14. The smallest absolute Gasteiger partial charge is 0.242 e. The number of hydrogen-bond donors (Lipinski definition) is 5. The molecular formula is C21H28ClN5O3S. The quantitative estimate of drug-likeness (QED) is 0.185. The second kappa shape index (κ2) is 11.7. The first-order chi connectivity index (χ1) is 14.5. The molecule has 0 bridgehead atoms. The molecule has 0 spiro atoms. The Morgan fingerprint density at radius 1 is 1.29 bits per heavy atom. The minimum absolute atomic E-state index is 0. The van der Waals surface area contributed by atoms with Crippen molar-refractivity contribution in [2.24, 2.45) is 10.9 Å². The number of thiophene rings is 1. The number of nitrogens with one attached hydrogen (secondary N) is 3. The number of carbonyl (C=O) groups excluding carboxylic acids is 2. The zero-order valence-corrected chi connectivity index (χ0v) is 18.8. The van der Waals surface area contributed by atoms with Crippen molar-refractivity contribution in [2.45, 2.75) is 44.3 Å². The zero-order valence-electron chi connectivity index (χ0n) is 17.2. The fourth-order valence-corrected chi connectivity index (χ4v) is 4.36. The van der Waals surface area contributed by atoms with Gasteiger partial charge in [0.1, 0.15) is 6.04 Å². The Kier molecular flexibility index (Phi) is 9.29. The second-order valence-electron chi connectivity index (χ2n) is 7.34. The van der Waals surface area contributed by atoms with E-state index < -0.39 is 6.04 Å². The van der Waals surface area contributed by atoms with Crippen LogP contribution >= 0.6 is 23.7 Å². The van der Waals surface area contributed by atoms with E-state index in [4.69, 9.17) is 10.9 Å². The van der Waals surface area contributed by atoms with E-state index in [0.717, 1.165) is 17.8 Å². The lowest BCUT2D eigenvalue weighted by Gasteiger charge is -2.30. The van der Waals surface area contributed by atoms with E-state index in [1.165, 1.54) is 16.9 Å². The van der Waals surface area contributed by atoms with Gasteiger partial charge in [-0.15, -0.1) is 23.7 Å². The number of rotatable bonds is 7. The van der Waals surface area contributed by atoms with Crippen LogP contribution in [0, 0.1) is 0 Å². The number of piperidine rings is 1. The highest BCUT2D eigenvalue weighted by Crippen LogP contribution is 2.27. The highest BCUT2D eigenvalue weighted by atomic mass is 35.5. The topological polar surface area (TPSA) is 129 Å². The van der Waals surface area contributed by atoms with Gasteiger partial charge in [0, 0.05) is 4.88 Å². The van der Waals surface area contributed by atoms with Gasteiger partial charge in [0.05, 0.1) is 17.5 Å². The van der Waals surface area contributed by atoms with Crippen molar-refractivity contribution < 1.29 is 14.8 Å². The average Bonchev–Trinajstić information content (AvgIpc) is 3.26. The lowest BCUT2D eigenvalue weighted by atomic mass is 9.86. The molecule has 3 atom stereocenters. The number of carbonyl (C=O) groups is 2. The maximum Gasteiger partial charge on any atom is 0.242 e. The summed E-state index contributed by atoms with van der Waals surface area (Å²) >= 11 is 1.33. The summed E-state index contributed by atoms with van der Waals surface area (Å²) in [5, 5.41) is 20.5. The molecule has 1 aliphatic heterocycles. The van der Waals surface area contributed by atoms with Crippen LogP contribution in [0.1, 0.15) is 41.0 Å². The molecule has 1 aromatic carbocycles. The van der Waals surface area contributed by atoms with E-state index in [1.807, 2.05) is 18.2 Å². The van der Waals surface area contributed by atoms with Crippen LogP contribution in [0.2, 0.25) is 0 Å². The summed E-state index contributed by atoms with van der Waals surface area (Å²) in [4.78, 5) is 26.5. The standard InChI is InChI=1S/C21H27N5O3S.ClH/c1-13(20(27)24-12-16-7-8-18(30-16)19(22)26-29)25-21(28)17-11-15(9-10-23-17)14-5-3-2-4-6-14;/h2-8,13,15,17,23,29H,9-12H2,1H3,(H2,22,26)(H,24,27)(H,25,28);1H/t13?,15-,17+;/m0./s1. The summed E-state index contributed by atoms with van der Waals surface area (Å²) in [6.07, 6.45) is 1.69. The van der Waals surface area contributed by atoms with E-state index in [1.54, 1.807) is 19.1 Å². The number of hydrogen-bond acceptors (Lipinski definition) is 6. The molecule has 0 aliphatic carbocycles. The molecule has 1 unspecified atom stereocenters. The molecule has 1 saturated heterocycles. The number of halogens is 1. The summed E-state index contributed by atoms with van der Waals surface area (Å²) in [6.45, 7) is 2.74. The Labute approximate surface area is 191 Å². The lowest BCUT2D eigenvalue weighted by molar-refractivity contribution is -0.130. The monoisotopic (exact) mass is 465 g/mol. The number of nitrogens with zero attached hydrogens (tertiary/aromatic N) is 1. The van der Waals surface area contributed by atoms with E-state index in [2.05, 4.69) is 33.2 Å². The molecule has 2 aromatic rings. The van der Waals surface area contributed by atoms with E-state index in [0.29, 0.717) is 23.8 Å². The maximum atomic E-state index is 12.7. The number of nitrogens with two attached hydrogens (primary N) is 1. The molecule has 0 radical (unpaired) electrons. The van der Waals surface area contributed by atoms with Crippen LogP contribution in [-0.4, -0.2) is 41.5 Å². The van der Waals surface area contributed by atoms with Crippen molar-refractivity contribution in [3.63, 3.8) is 0 Å². The van der Waals surface area contributed by atoms with Gasteiger partial charge in [0.2, 0.25) is 11.8 Å². The van der Waals surface area contributed by atoms with Gasteiger partial charge in [-0.2, -0.15) is 0 Å². The first-order valence-corrected chi connectivity index (χ1v) is 10.7. The summed E-state index contributed by atoms with van der Waals surface area (Å²) < 4.78 is 0. The van der Waals surface area contributed by atoms with E-state index in [-0.39, 0.29) is 36.1 Å². The molecule has 10 heteroatoms. The van der Waals surface area contributed by atoms with Gasteiger partial charge >= 0.3 is 0 Å². The number of benzene rings is 1. The van der Waals surface area contributed by atoms with Crippen LogP contribution in [0.5, 0.6) is 0 Å². The third-order valence-electron chi connectivity index (χ3n) is 5.20. The zero-order chi connectivity index (χ0) is 21.5. The first-order valence-electron chi connectivity index (χ1n) is 9.91. The SMILES string of the molecule is CC(NC(=O)[C@H]1C[C@@H](c2ccccc2)CCN1)C(=O)NCc1ccc(C(N)=NO)s1.Cl. The van der Waals surface area contributed by atoms with Crippen LogP contribution in [0.3, 0.4) is 0 Å². The molecule has 168 valence electrons. The molecule has 1 aromatic heterocycles. The van der Waals surface area contributed by atoms with Crippen LogP contribution in [0.15, 0.2) is 47.6 Å². The molecule has 8 nitrogen and oxygen atoms in total. The predicted octanol–water partition coefficient (Wildman–Crippen LogP) is 1.92. The minimum atomic E-state index is -0.653. The number of amidine groups is 1. The minimum Gasteiger partial charge on any atom is -0.409 e. The molecule has 2 amide bonds. The fraction of sp³-hybridized carbons (Fsp3) is 0.381. The summed E-state index contributed by atoms with van der Waals surface area (Å²) in [5.74, 6) is -0.0663. The van der Waals surface area contributed by atoms with Gasteiger partial charge in [-0.1, -0.05) is 35.5 Å². The van der Waals surface area contributed by atoms with Gasteiger partial charge in [0.15, 0.2) is 5.84 Å². The largest absolute Gasteiger partial charge is 0.409 e. The van der Waals surface area contributed by atoms with Crippen molar-refractivity contribution in [1.82, 2.24) is 16.0 Å². The van der Waals surface area contributed by atoms with Crippen molar-refractivity contribution in [2.75, 3.05) is 6.54 Å². The molecule has 6 N–H and O–H groups in total. The Hall–Kier alpha value is -2.62. The normalized spacial score (nSPS) is 19.7. The van der Waals surface area contributed by atoms with Gasteiger partial charge in [0.25, 0.3) is 0 Å². The highest BCUT2D eigenvalue weighted by Gasteiger charge is 2.29. The first kappa shape index (κ1) is 24.6. The molecular weight excluding hydrogens is 438 g/mol. The molecule has 3 rings (SSSR count). The van der Waals surface area contributed by atoms with Gasteiger partial charge in [-0.3, -0.25) is 9.59 Å². The Bertz CT molecular complexity index is 905. The third-order valence-corrected chi connectivity index (χ3v) is 6.31. The number of oxime groups is 1. The molecule has 1 aliphatic rings.